The SMILES string of the molecule is CC.[CH2-]CN1CN([CH2-])C(=O)c2c(O)c(=O)c(C(=O)NCc3ccccc3)cn21.[Y]. The van der Waals surface area contributed by atoms with Crippen molar-refractivity contribution in [2.75, 3.05) is 18.2 Å². The van der Waals surface area contributed by atoms with Crippen molar-refractivity contribution in [2.24, 2.45) is 0 Å². The Hall–Kier alpha value is -2.19. The molecule has 2 heterocycles. The van der Waals surface area contributed by atoms with Gasteiger partial charge >= 0.3 is 0 Å². The number of nitrogens with one attached hydrogen (secondary N) is 1. The number of pyridine rings is 1. The molecule has 1 radical (unpaired) electrons. The molecule has 0 bridgehead atoms. The van der Waals surface area contributed by atoms with Gasteiger partial charge in [-0.3, -0.25) is 26.1 Å². The zero-order valence-electron chi connectivity index (χ0n) is 16.6. The number of rotatable bonds is 4. The van der Waals surface area contributed by atoms with Crippen LogP contribution in [0.15, 0.2) is 41.3 Å². The van der Waals surface area contributed by atoms with Crippen molar-refractivity contribution in [1.29, 1.82) is 0 Å². The van der Waals surface area contributed by atoms with Crippen molar-refractivity contribution in [2.45, 2.75) is 20.4 Å². The third kappa shape index (κ3) is 5.25. The molecule has 29 heavy (non-hydrogen) atoms. The Kier molecular flexibility index (Phi) is 9.53. The van der Waals surface area contributed by atoms with Gasteiger partial charge in [0.25, 0.3) is 5.91 Å². The maximum atomic E-state index is 12.4. The third-order valence-electron chi connectivity index (χ3n) is 4.09. The molecule has 2 amide bonds. The molecule has 1 aromatic heterocycles. The van der Waals surface area contributed by atoms with E-state index in [1.807, 2.05) is 44.2 Å². The van der Waals surface area contributed by atoms with Crippen LogP contribution < -0.4 is 15.8 Å². The first-order chi connectivity index (χ1) is 13.4. The summed E-state index contributed by atoms with van der Waals surface area (Å²) in [6.45, 7) is 8.33. The van der Waals surface area contributed by atoms with Gasteiger partial charge in [0.05, 0.1) is 6.67 Å². The summed E-state index contributed by atoms with van der Waals surface area (Å²) in [6.07, 6.45) is 1.24. The van der Waals surface area contributed by atoms with Gasteiger partial charge in [-0.2, -0.15) is 0 Å². The van der Waals surface area contributed by atoms with Crippen LogP contribution in [-0.4, -0.2) is 39.7 Å². The van der Waals surface area contributed by atoms with Gasteiger partial charge in [0, 0.05) is 45.5 Å². The number of aromatic hydroxyl groups is 1. The number of nitrogens with zero attached hydrogens (tertiary/aromatic N) is 3. The first-order valence-electron chi connectivity index (χ1n) is 8.91. The molecule has 0 aliphatic carbocycles. The number of carbonyl (C=O) groups is 2. The normalized spacial score (nSPS) is 12.3. The Labute approximate surface area is 195 Å². The maximum Gasteiger partial charge on any atom is 0.257 e. The molecule has 1 aliphatic rings. The smallest absolute Gasteiger partial charge is 0.257 e. The van der Waals surface area contributed by atoms with Crippen LogP contribution in [0.5, 0.6) is 5.75 Å². The summed E-state index contributed by atoms with van der Waals surface area (Å²) in [5.74, 6) is -2.03. The minimum atomic E-state index is -0.908. The first-order valence-corrected chi connectivity index (χ1v) is 8.91. The van der Waals surface area contributed by atoms with Gasteiger partial charge in [0.1, 0.15) is 5.56 Å². The van der Waals surface area contributed by atoms with Crippen LogP contribution in [0.2, 0.25) is 0 Å². The number of fused-ring (bicyclic) bond motifs is 1. The largest absolute Gasteiger partial charge is 0.502 e. The van der Waals surface area contributed by atoms with Gasteiger partial charge in [-0.05, 0) is 5.56 Å². The second kappa shape index (κ2) is 11.1. The molecule has 0 unspecified atom stereocenters. The Balaban J connectivity index is 0.00000136. The Morgan fingerprint density at radius 3 is 2.41 bits per heavy atom. The Bertz CT molecular complexity index is 915. The van der Waals surface area contributed by atoms with E-state index in [4.69, 9.17) is 0 Å². The molecule has 1 aromatic carbocycles. The van der Waals surface area contributed by atoms with Crippen LogP contribution in [-0.2, 0) is 39.3 Å². The predicted octanol–water partition coefficient (Wildman–Crippen LogP) is 1.48. The van der Waals surface area contributed by atoms with Crippen LogP contribution in [0.4, 0.5) is 0 Å². The van der Waals surface area contributed by atoms with E-state index in [1.54, 1.807) is 5.01 Å². The van der Waals surface area contributed by atoms with E-state index in [9.17, 15) is 19.5 Å². The average Bonchev–Trinajstić information content (AvgIpc) is 2.73. The van der Waals surface area contributed by atoms with Crippen LogP contribution in [0.3, 0.4) is 0 Å². The van der Waals surface area contributed by atoms with E-state index in [0.717, 1.165) is 10.5 Å². The van der Waals surface area contributed by atoms with Crippen LogP contribution in [0, 0.1) is 14.0 Å². The van der Waals surface area contributed by atoms with Crippen molar-refractivity contribution >= 4 is 11.8 Å². The van der Waals surface area contributed by atoms with Crippen molar-refractivity contribution in [3.05, 3.63) is 77.5 Å². The van der Waals surface area contributed by atoms with Crippen molar-refractivity contribution in [3.8, 4) is 5.75 Å². The number of amides is 2. The second-order valence-corrected chi connectivity index (χ2v) is 5.80. The molecular weight excluding hydrogens is 449 g/mol. The maximum absolute atomic E-state index is 12.4. The van der Waals surface area contributed by atoms with E-state index in [0.29, 0.717) is 0 Å². The molecule has 2 aromatic rings. The van der Waals surface area contributed by atoms with E-state index in [-0.39, 0.29) is 63.7 Å². The third-order valence-corrected chi connectivity index (χ3v) is 4.09. The molecule has 153 valence electrons. The molecule has 0 saturated carbocycles. The van der Waals surface area contributed by atoms with Gasteiger partial charge < -0.3 is 27.3 Å². The van der Waals surface area contributed by atoms with Gasteiger partial charge in [0.15, 0.2) is 11.4 Å². The first kappa shape index (κ1) is 24.9. The Morgan fingerprint density at radius 2 is 1.83 bits per heavy atom. The molecule has 0 atom stereocenters. The summed E-state index contributed by atoms with van der Waals surface area (Å²) in [5, 5.41) is 14.4. The van der Waals surface area contributed by atoms with Gasteiger partial charge in [-0.1, -0.05) is 50.7 Å². The average molecular weight is 473 g/mol. The molecule has 0 spiro atoms. The molecule has 2 N–H and O–H groups in total. The number of carbonyl (C=O) groups excluding carboxylic acids is 2. The molecule has 0 fully saturated rings. The molecule has 3 rings (SSSR count). The van der Waals surface area contributed by atoms with Gasteiger partial charge in [0.2, 0.25) is 11.3 Å². The van der Waals surface area contributed by atoms with Crippen LogP contribution >= 0.6 is 0 Å². The fraction of sp³-hybridized carbons (Fsp3) is 0.250. The number of hydrogen-bond donors (Lipinski definition) is 2. The monoisotopic (exact) mass is 473 g/mol. The zero-order chi connectivity index (χ0) is 20.8. The van der Waals surface area contributed by atoms with Crippen LogP contribution in [0.1, 0.15) is 40.3 Å². The molecule has 9 heteroatoms. The number of hydrogen-bond acceptors (Lipinski definition) is 5. The fourth-order valence-electron chi connectivity index (χ4n) is 2.70. The Morgan fingerprint density at radius 1 is 1.21 bits per heavy atom. The topological polar surface area (TPSA) is 94.9 Å². The zero-order valence-corrected chi connectivity index (χ0v) is 19.4. The quantitative estimate of drug-likeness (QED) is 0.657. The molecule has 8 nitrogen and oxygen atoms in total. The summed E-state index contributed by atoms with van der Waals surface area (Å²) in [5.41, 5.74) is -0.537. The summed E-state index contributed by atoms with van der Waals surface area (Å²) in [6, 6.07) is 9.20. The van der Waals surface area contributed by atoms with E-state index in [2.05, 4.69) is 19.3 Å². The van der Waals surface area contributed by atoms with E-state index >= 15 is 0 Å². The molecular formula is C20H24N4O4Y-2. The van der Waals surface area contributed by atoms with Gasteiger partial charge in [-0.15, -0.1) is 0 Å². The summed E-state index contributed by atoms with van der Waals surface area (Å²) in [4.78, 5) is 38.2. The van der Waals surface area contributed by atoms with Crippen LogP contribution in [0.25, 0.3) is 0 Å². The van der Waals surface area contributed by atoms with Crippen molar-refractivity contribution in [3.63, 3.8) is 0 Å². The molecule has 0 saturated heterocycles. The van der Waals surface area contributed by atoms with E-state index < -0.39 is 23.0 Å². The number of aromatic nitrogens is 1. The van der Waals surface area contributed by atoms with E-state index in [1.165, 1.54) is 10.9 Å². The summed E-state index contributed by atoms with van der Waals surface area (Å²) < 4.78 is 1.28. The minimum absolute atomic E-state index is 0. The van der Waals surface area contributed by atoms with Crippen molar-refractivity contribution < 1.29 is 47.4 Å². The predicted molar refractivity (Wildman–Crippen MR) is 106 cm³/mol. The molecule has 1 aliphatic heterocycles. The second-order valence-electron chi connectivity index (χ2n) is 5.80. The summed E-state index contributed by atoms with van der Waals surface area (Å²) in [7, 11) is 3.58. The minimum Gasteiger partial charge on any atom is -0.502 e. The number of benzene rings is 1. The fourth-order valence-corrected chi connectivity index (χ4v) is 2.70. The summed E-state index contributed by atoms with van der Waals surface area (Å²) >= 11 is 0. The van der Waals surface area contributed by atoms with Gasteiger partial charge in [-0.25, -0.2) is 0 Å². The van der Waals surface area contributed by atoms with Crippen molar-refractivity contribution in [1.82, 2.24) is 14.9 Å². The standard InChI is InChI=1S/C18H18N4O4.C2H6.Y/c1-3-21-11-20(2)18(26)14-16(24)15(23)13(10-22(14)21)17(25)19-9-12-7-5-4-6-8-12;1-2;/h4-8,10,24H,1-3,9,11H2,(H,19,25);1-2H3;/q-2;;.